The number of fused-ring (bicyclic) bond motifs is 1. The lowest BCUT2D eigenvalue weighted by molar-refractivity contribution is -0.123. The molecular weight excluding hydrogens is 368 g/mol. The number of benzene rings is 1. The molecule has 0 spiro atoms. The second-order valence-corrected chi connectivity index (χ2v) is 7.17. The Balaban J connectivity index is 1.34. The number of carbonyl (C=O) groups is 2. The van der Waals surface area contributed by atoms with Crippen LogP contribution in [0.3, 0.4) is 0 Å². The average molecular weight is 392 g/mol. The zero-order valence-electron chi connectivity index (χ0n) is 16.1. The van der Waals surface area contributed by atoms with Gasteiger partial charge in [-0.15, -0.1) is 0 Å². The fourth-order valence-corrected chi connectivity index (χ4v) is 3.40. The van der Waals surface area contributed by atoms with E-state index in [0.717, 1.165) is 37.1 Å². The zero-order valence-corrected chi connectivity index (χ0v) is 16.1. The van der Waals surface area contributed by atoms with Crippen LogP contribution in [-0.4, -0.2) is 39.0 Å². The Labute approximate surface area is 168 Å². The van der Waals surface area contributed by atoms with Crippen LogP contribution < -0.4 is 16.0 Å². The Kier molecular flexibility index (Phi) is 5.81. The summed E-state index contributed by atoms with van der Waals surface area (Å²) in [6, 6.07) is 10.9. The minimum atomic E-state index is -0.143. The van der Waals surface area contributed by atoms with Crippen molar-refractivity contribution in [1.82, 2.24) is 30.5 Å². The van der Waals surface area contributed by atoms with E-state index in [2.05, 4.69) is 26.0 Å². The van der Waals surface area contributed by atoms with Crippen molar-refractivity contribution in [1.29, 1.82) is 0 Å². The Hall–Kier alpha value is -3.26. The Morgan fingerprint density at radius 1 is 1.14 bits per heavy atom. The van der Waals surface area contributed by atoms with Crippen molar-refractivity contribution in [2.75, 3.05) is 6.54 Å². The predicted octanol–water partition coefficient (Wildman–Crippen LogP) is 1.42. The Morgan fingerprint density at radius 3 is 2.79 bits per heavy atom. The molecule has 1 fully saturated rings. The first kappa shape index (κ1) is 19.1. The maximum atomic E-state index is 12.3. The summed E-state index contributed by atoms with van der Waals surface area (Å²) >= 11 is 0. The lowest BCUT2D eigenvalue weighted by Gasteiger charge is -2.22. The molecule has 0 aliphatic carbocycles. The normalized spacial score (nSPS) is 16.5. The molecule has 0 unspecified atom stereocenters. The van der Waals surface area contributed by atoms with Gasteiger partial charge in [0.2, 0.25) is 5.91 Å². The molecule has 4 rings (SSSR count). The van der Waals surface area contributed by atoms with Crippen LogP contribution in [0.4, 0.5) is 0 Å². The van der Waals surface area contributed by atoms with Crippen LogP contribution in [0.5, 0.6) is 0 Å². The number of aromatic nitrogens is 3. The molecule has 3 aromatic rings. The topological polar surface area (TPSA) is 100 Å². The van der Waals surface area contributed by atoms with Crippen LogP contribution in [0.2, 0.25) is 0 Å². The molecule has 1 saturated heterocycles. The van der Waals surface area contributed by atoms with E-state index in [-0.39, 0.29) is 17.9 Å². The van der Waals surface area contributed by atoms with Crippen molar-refractivity contribution in [3.63, 3.8) is 0 Å². The van der Waals surface area contributed by atoms with Gasteiger partial charge in [-0.2, -0.15) is 5.10 Å². The second kappa shape index (κ2) is 8.83. The molecule has 2 aromatic heterocycles. The first-order chi connectivity index (χ1) is 14.2. The van der Waals surface area contributed by atoms with Gasteiger partial charge in [0.15, 0.2) is 5.65 Å². The molecule has 8 nitrogen and oxygen atoms in total. The SMILES string of the molecule is O=C(NCc1cn2ncc(CNC(=O)[C@H]3CCCCN3)cc2n1)c1ccccc1. The van der Waals surface area contributed by atoms with Crippen LogP contribution in [-0.2, 0) is 17.9 Å². The first-order valence-corrected chi connectivity index (χ1v) is 9.86. The summed E-state index contributed by atoms with van der Waals surface area (Å²) in [6.07, 6.45) is 6.58. The van der Waals surface area contributed by atoms with Crippen molar-refractivity contribution in [3.8, 4) is 0 Å². The van der Waals surface area contributed by atoms with Crippen LogP contribution in [0.15, 0.2) is 48.8 Å². The van der Waals surface area contributed by atoms with E-state index in [9.17, 15) is 9.59 Å². The van der Waals surface area contributed by atoms with Crippen molar-refractivity contribution in [2.45, 2.75) is 38.4 Å². The maximum Gasteiger partial charge on any atom is 0.251 e. The maximum absolute atomic E-state index is 12.3. The van der Waals surface area contributed by atoms with Gasteiger partial charge in [-0.3, -0.25) is 9.59 Å². The average Bonchev–Trinajstić information content (AvgIpc) is 3.19. The standard InChI is InChI=1S/C21H24N6O2/c28-20(16-6-2-1-3-7-16)24-13-17-14-27-19(26-17)10-15(12-25-27)11-23-21(29)18-8-4-5-9-22-18/h1-3,6-7,10,12,14,18,22H,4-5,8-9,11,13H2,(H,23,29)(H,24,28)/t18-/m1/s1. The van der Waals surface area contributed by atoms with E-state index < -0.39 is 0 Å². The number of hydrogen-bond acceptors (Lipinski definition) is 5. The van der Waals surface area contributed by atoms with Gasteiger partial charge in [0.05, 0.1) is 30.7 Å². The number of amides is 2. The molecule has 1 aliphatic rings. The van der Waals surface area contributed by atoms with Gasteiger partial charge in [-0.1, -0.05) is 24.6 Å². The fraction of sp³-hybridized carbons (Fsp3) is 0.333. The molecule has 1 aromatic carbocycles. The lowest BCUT2D eigenvalue weighted by atomic mass is 10.0. The highest BCUT2D eigenvalue weighted by Crippen LogP contribution is 2.09. The highest BCUT2D eigenvalue weighted by molar-refractivity contribution is 5.94. The Bertz CT molecular complexity index is 995. The molecule has 3 N–H and O–H groups in total. The molecule has 0 bridgehead atoms. The van der Waals surface area contributed by atoms with Gasteiger partial charge in [-0.05, 0) is 43.1 Å². The van der Waals surface area contributed by atoms with Gasteiger partial charge in [-0.25, -0.2) is 9.50 Å². The van der Waals surface area contributed by atoms with Crippen molar-refractivity contribution < 1.29 is 9.59 Å². The van der Waals surface area contributed by atoms with E-state index in [0.29, 0.717) is 24.3 Å². The number of nitrogens with zero attached hydrogens (tertiary/aromatic N) is 3. The molecule has 29 heavy (non-hydrogen) atoms. The summed E-state index contributed by atoms with van der Waals surface area (Å²) in [5.74, 6) is -0.118. The zero-order chi connectivity index (χ0) is 20.1. The third-order valence-corrected chi connectivity index (χ3v) is 4.99. The first-order valence-electron chi connectivity index (χ1n) is 9.86. The summed E-state index contributed by atoms with van der Waals surface area (Å²) < 4.78 is 1.66. The van der Waals surface area contributed by atoms with Gasteiger partial charge in [0.25, 0.3) is 5.91 Å². The van der Waals surface area contributed by atoms with Gasteiger partial charge in [0.1, 0.15) is 0 Å². The minimum absolute atomic E-state index is 0.0252. The highest BCUT2D eigenvalue weighted by atomic mass is 16.2. The molecule has 2 amide bonds. The third kappa shape index (κ3) is 4.78. The van der Waals surface area contributed by atoms with Gasteiger partial charge in [0, 0.05) is 12.1 Å². The second-order valence-electron chi connectivity index (χ2n) is 7.17. The molecule has 3 heterocycles. The number of rotatable bonds is 6. The number of nitrogens with one attached hydrogen (secondary N) is 3. The van der Waals surface area contributed by atoms with Gasteiger partial charge >= 0.3 is 0 Å². The fourth-order valence-electron chi connectivity index (χ4n) is 3.40. The molecule has 1 aliphatic heterocycles. The van der Waals surface area contributed by atoms with Crippen LogP contribution >= 0.6 is 0 Å². The summed E-state index contributed by atoms with van der Waals surface area (Å²) in [7, 11) is 0. The number of carbonyl (C=O) groups excluding carboxylic acids is 2. The van der Waals surface area contributed by atoms with E-state index in [1.54, 1.807) is 29.0 Å². The monoisotopic (exact) mass is 392 g/mol. The molecule has 0 radical (unpaired) electrons. The molecule has 150 valence electrons. The van der Waals surface area contributed by atoms with Gasteiger partial charge < -0.3 is 16.0 Å². The van der Waals surface area contributed by atoms with Crippen molar-refractivity contribution >= 4 is 17.5 Å². The summed E-state index contributed by atoms with van der Waals surface area (Å²) in [5, 5.41) is 13.4. The molecule has 1 atom stereocenters. The lowest BCUT2D eigenvalue weighted by Crippen LogP contribution is -2.46. The number of piperidine rings is 1. The summed E-state index contributed by atoms with van der Waals surface area (Å²) in [6.45, 7) is 1.62. The molecule has 8 heteroatoms. The molecule has 0 saturated carbocycles. The van der Waals surface area contributed by atoms with Crippen LogP contribution in [0.25, 0.3) is 5.65 Å². The number of imidazole rings is 1. The minimum Gasteiger partial charge on any atom is -0.351 e. The van der Waals surface area contributed by atoms with Crippen molar-refractivity contribution in [2.24, 2.45) is 0 Å². The van der Waals surface area contributed by atoms with Crippen LogP contribution in [0.1, 0.15) is 40.9 Å². The van der Waals surface area contributed by atoms with E-state index in [4.69, 9.17) is 0 Å². The quantitative estimate of drug-likeness (QED) is 0.589. The number of hydrogen-bond donors (Lipinski definition) is 3. The van der Waals surface area contributed by atoms with Crippen LogP contribution in [0, 0.1) is 0 Å². The Morgan fingerprint density at radius 2 is 2.00 bits per heavy atom. The van der Waals surface area contributed by atoms with E-state index in [1.807, 2.05) is 24.3 Å². The van der Waals surface area contributed by atoms with Crippen molar-refractivity contribution in [3.05, 3.63) is 65.6 Å². The largest absolute Gasteiger partial charge is 0.351 e. The summed E-state index contributed by atoms with van der Waals surface area (Å²) in [5.41, 5.74) is 2.89. The molecular formula is C21H24N6O2. The third-order valence-electron chi connectivity index (χ3n) is 4.99. The van der Waals surface area contributed by atoms with E-state index >= 15 is 0 Å². The predicted molar refractivity (Wildman–Crippen MR) is 108 cm³/mol. The van der Waals surface area contributed by atoms with E-state index in [1.165, 1.54) is 0 Å². The highest BCUT2D eigenvalue weighted by Gasteiger charge is 2.20. The summed E-state index contributed by atoms with van der Waals surface area (Å²) in [4.78, 5) is 28.9. The smallest absolute Gasteiger partial charge is 0.251 e.